The van der Waals surface area contributed by atoms with E-state index in [0.29, 0.717) is 0 Å². The molecule has 516 valence electrons. The highest BCUT2D eigenvalue weighted by Gasteiger charge is 2.21. The minimum absolute atomic E-state index is 0.879. The number of hydrogen-bond acceptors (Lipinski definition) is 5. The fraction of sp³-hybridized carbons (Fsp3) is 0. The molecular weight excluding hydrogens is 1320 g/mol. The number of benzene rings is 18. The summed E-state index contributed by atoms with van der Waals surface area (Å²) in [6.45, 7) is 0. The molecule has 0 saturated carbocycles. The van der Waals surface area contributed by atoms with Crippen molar-refractivity contribution >= 4 is 112 Å². The summed E-state index contributed by atoms with van der Waals surface area (Å²) in [5.74, 6) is 0. The van der Waals surface area contributed by atoms with Crippen LogP contribution in [0.5, 0.6) is 0 Å². The standard InChI is InChI=1S/C60H42N2O.C44H32N2/c1-5-13-43(14-6-1)45-21-31-53(32-22-45)61(51-17-9-3-10-18-51)55-35-25-47(26-36-55)49-29-39-59-57(41-49)58-42-50(30-40-60(58)63-59)48-27-37-56(38-28-48)62(52-19-11-4-12-20-52)54-33-23-46(24-34-54)44-15-7-2-8-16-44;1-3-17-37(18-4-1)45(43-23-11-15-35-13-7-9-21-41(35)43)39-29-25-33(26-30-39)34-27-31-40(32-28-34)46(38-19-5-2-6-20-38)44-24-12-16-36-14-8-10-22-42(36)44/h1-42H;1-32H. The van der Waals surface area contributed by atoms with E-state index in [2.05, 4.69) is 469 Å². The first-order valence-corrected chi connectivity index (χ1v) is 37.1. The summed E-state index contributed by atoms with van der Waals surface area (Å²) < 4.78 is 6.39. The smallest absolute Gasteiger partial charge is 0.135 e. The summed E-state index contributed by atoms with van der Waals surface area (Å²) >= 11 is 0. The molecule has 0 spiro atoms. The fourth-order valence-corrected chi connectivity index (χ4v) is 15.1. The maximum Gasteiger partial charge on any atom is 0.135 e. The first kappa shape index (κ1) is 66.4. The maximum absolute atomic E-state index is 6.39. The lowest BCUT2D eigenvalue weighted by Gasteiger charge is -2.27. The predicted molar refractivity (Wildman–Crippen MR) is 461 cm³/mol. The second-order valence-corrected chi connectivity index (χ2v) is 27.2. The van der Waals surface area contributed by atoms with Gasteiger partial charge >= 0.3 is 0 Å². The Morgan fingerprint density at radius 1 is 0.138 bits per heavy atom. The van der Waals surface area contributed by atoms with Crippen LogP contribution < -0.4 is 19.6 Å². The van der Waals surface area contributed by atoms with Gasteiger partial charge < -0.3 is 24.0 Å². The van der Waals surface area contributed by atoms with E-state index in [9.17, 15) is 0 Å². The molecule has 0 unspecified atom stereocenters. The molecule has 0 aliphatic heterocycles. The van der Waals surface area contributed by atoms with Crippen LogP contribution in [-0.4, -0.2) is 0 Å². The fourth-order valence-electron chi connectivity index (χ4n) is 15.1. The monoisotopic (exact) mass is 1390 g/mol. The lowest BCUT2D eigenvalue weighted by molar-refractivity contribution is 0.669. The summed E-state index contributed by atoms with van der Waals surface area (Å²) in [6, 6.07) is 160. The Balaban J connectivity index is 0.000000161. The third-order valence-corrected chi connectivity index (χ3v) is 20.5. The van der Waals surface area contributed by atoms with Crippen molar-refractivity contribution in [1.82, 2.24) is 0 Å². The Morgan fingerprint density at radius 3 is 0.651 bits per heavy atom. The number of rotatable bonds is 17. The van der Waals surface area contributed by atoms with Crippen LogP contribution in [-0.2, 0) is 0 Å². The highest BCUT2D eigenvalue weighted by atomic mass is 16.3. The predicted octanol–water partition coefficient (Wildman–Crippen LogP) is 29.8. The first-order valence-electron chi connectivity index (χ1n) is 37.1. The molecule has 0 fully saturated rings. The van der Waals surface area contributed by atoms with Crippen LogP contribution in [0.1, 0.15) is 0 Å². The largest absolute Gasteiger partial charge is 0.456 e. The first-order chi connectivity index (χ1) is 54.0. The average Bonchev–Trinajstić information content (AvgIpc) is 1.74. The van der Waals surface area contributed by atoms with Crippen molar-refractivity contribution in [1.29, 1.82) is 0 Å². The molecule has 0 aliphatic carbocycles. The molecule has 0 aliphatic rings. The van der Waals surface area contributed by atoms with Gasteiger partial charge in [0.25, 0.3) is 0 Å². The third-order valence-electron chi connectivity index (χ3n) is 20.5. The van der Waals surface area contributed by atoms with E-state index in [1.54, 1.807) is 0 Å². The van der Waals surface area contributed by atoms with Crippen LogP contribution in [0.25, 0.3) is 99.1 Å². The van der Waals surface area contributed by atoms with Gasteiger partial charge in [-0.25, -0.2) is 0 Å². The van der Waals surface area contributed by atoms with Crippen molar-refractivity contribution in [3.8, 4) is 55.6 Å². The number of anilines is 12. The van der Waals surface area contributed by atoms with Gasteiger partial charge in [-0.2, -0.15) is 0 Å². The number of para-hydroxylation sites is 4. The van der Waals surface area contributed by atoms with Crippen molar-refractivity contribution in [2.45, 2.75) is 0 Å². The van der Waals surface area contributed by atoms with Crippen molar-refractivity contribution in [2.75, 3.05) is 19.6 Å². The van der Waals surface area contributed by atoms with Gasteiger partial charge in [-0.05, 0) is 224 Å². The third kappa shape index (κ3) is 13.9. The van der Waals surface area contributed by atoms with E-state index in [4.69, 9.17) is 4.42 Å². The Bertz CT molecular complexity index is 5880. The Morgan fingerprint density at radius 2 is 0.349 bits per heavy atom. The van der Waals surface area contributed by atoms with E-state index < -0.39 is 0 Å². The number of fused-ring (bicyclic) bond motifs is 5. The lowest BCUT2D eigenvalue weighted by Crippen LogP contribution is -2.10. The second kappa shape index (κ2) is 30.3. The van der Waals surface area contributed by atoms with Gasteiger partial charge in [0, 0.05) is 78.4 Å². The summed E-state index contributed by atoms with van der Waals surface area (Å²) in [5.41, 5.74) is 26.9. The summed E-state index contributed by atoms with van der Waals surface area (Å²) in [6.07, 6.45) is 0. The zero-order chi connectivity index (χ0) is 72.7. The van der Waals surface area contributed by atoms with Gasteiger partial charge in [0.05, 0.1) is 11.4 Å². The van der Waals surface area contributed by atoms with Crippen molar-refractivity contribution in [2.24, 2.45) is 0 Å². The van der Waals surface area contributed by atoms with Crippen LogP contribution in [0.4, 0.5) is 68.2 Å². The minimum Gasteiger partial charge on any atom is -0.456 e. The van der Waals surface area contributed by atoms with Crippen LogP contribution in [0.2, 0.25) is 0 Å². The summed E-state index contributed by atoms with van der Waals surface area (Å²) in [4.78, 5) is 9.30. The molecule has 18 aromatic carbocycles. The van der Waals surface area contributed by atoms with Crippen LogP contribution >= 0.6 is 0 Å². The molecule has 5 heteroatoms. The van der Waals surface area contributed by atoms with Crippen molar-refractivity contribution in [3.63, 3.8) is 0 Å². The summed E-state index contributed by atoms with van der Waals surface area (Å²) in [5, 5.41) is 7.11. The average molecular weight is 1400 g/mol. The molecule has 5 nitrogen and oxygen atoms in total. The number of hydrogen-bond donors (Lipinski definition) is 0. The Kier molecular flexibility index (Phi) is 18.5. The molecule has 1 aromatic heterocycles. The van der Waals surface area contributed by atoms with E-state index in [-0.39, 0.29) is 0 Å². The van der Waals surface area contributed by atoms with Crippen molar-refractivity contribution in [3.05, 3.63) is 449 Å². The minimum atomic E-state index is 0.879. The van der Waals surface area contributed by atoms with Gasteiger partial charge in [0.1, 0.15) is 11.2 Å². The number of nitrogens with zero attached hydrogens (tertiary/aromatic N) is 4. The molecule has 109 heavy (non-hydrogen) atoms. The number of furan rings is 1. The Hall–Kier alpha value is -14.5. The zero-order valence-corrected chi connectivity index (χ0v) is 59.9. The topological polar surface area (TPSA) is 26.1 Å². The molecule has 0 amide bonds. The molecule has 0 saturated heterocycles. The summed E-state index contributed by atoms with van der Waals surface area (Å²) in [7, 11) is 0. The van der Waals surface area contributed by atoms with Gasteiger partial charge in [0.2, 0.25) is 0 Å². The van der Waals surface area contributed by atoms with Gasteiger partial charge in [-0.3, -0.25) is 0 Å². The van der Waals surface area contributed by atoms with E-state index >= 15 is 0 Å². The highest BCUT2D eigenvalue weighted by Crippen LogP contribution is 2.45. The SMILES string of the molecule is c1ccc(-c2ccc(N(c3ccccc3)c3ccc(-c4ccc5oc6ccc(-c7ccc(N(c8ccccc8)c8ccc(-c9ccccc9)cc8)cc7)cc6c5c4)cc3)cc2)cc1.c1ccc(N(c2ccc(-c3ccc(N(c4ccccc4)c4cccc5ccccc45)cc3)cc2)c2cccc3ccccc23)cc1. The van der Waals surface area contributed by atoms with Gasteiger partial charge in [-0.15, -0.1) is 0 Å². The van der Waals surface area contributed by atoms with Crippen LogP contribution in [0, 0.1) is 0 Å². The second-order valence-electron chi connectivity index (χ2n) is 27.2. The lowest BCUT2D eigenvalue weighted by atomic mass is 9.99. The van der Waals surface area contributed by atoms with E-state index in [0.717, 1.165) is 112 Å². The van der Waals surface area contributed by atoms with E-state index in [1.165, 1.54) is 54.9 Å². The zero-order valence-electron chi connectivity index (χ0n) is 59.9. The van der Waals surface area contributed by atoms with Gasteiger partial charge in [-0.1, -0.05) is 291 Å². The van der Waals surface area contributed by atoms with Crippen molar-refractivity contribution < 1.29 is 4.42 Å². The van der Waals surface area contributed by atoms with Crippen LogP contribution in [0.3, 0.4) is 0 Å². The molecular formula is C104H74N4O. The Labute approximate surface area is 636 Å². The molecule has 0 radical (unpaired) electrons. The molecule has 0 bridgehead atoms. The highest BCUT2D eigenvalue weighted by molar-refractivity contribution is 6.08. The molecule has 0 atom stereocenters. The molecule has 0 N–H and O–H groups in total. The normalized spacial score (nSPS) is 11.1. The maximum atomic E-state index is 6.39. The van der Waals surface area contributed by atoms with Gasteiger partial charge in [0.15, 0.2) is 0 Å². The van der Waals surface area contributed by atoms with E-state index in [1.807, 2.05) is 0 Å². The molecule has 1 heterocycles. The molecule has 19 aromatic rings. The molecule has 19 rings (SSSR count). The quantitative estimate of drug-likeness (QED) is 0.0905. The van der Waals surface area contributed by atoms with Crippen LogP contribution in [0.15, 0.2) is 453 Å².